The van der Waals surface area contributed by atoms with Crippen LogP contribution in [0.25, 0.3) is 0 Å². The van der Waals surface area contributed by atoms with Crippen LogP contribution in [0.3, 0.4) is 0 Å². The Bertz CT molecular complexity index is 337. The minimum Gasteiger partial charge on any atom is -0.396 e. The number of aryl methyl sites for hydroxylation is 1. The summed E-state index contributed by atoms with van der Waals surface area (Å²) in [6.45, 7) is 5.00. The Labute approximate surface area is 90.9 Å². The van der Waals surface area contributed by atoms with Crippen LogP contribution in [0.4, 0.5) is 15.8 Å². The van der Waals surface area contributed by atoms with Gasteiger partial charge in [-0.25, -0.2) is 4.39 Å². The van der Waals surface area contributed by atoms with E-state index in [0.29, 0.717) is 0 Å². The minimum absolute atomic E-state index is 0.258. The molecule has 1 aromatic carbocycles. The van der Waals surface area contributed by atoms with E-state index < -0.39 is 0 Å². The molecule has 3 heteroatoms. The number of anilines is 2. The Morgan fingerprint density at radius 1 is 1.33 bits per heavy atom. The van der Waals surface area contributed by atoms with Crippen LogP contribution >= 0.6 is 0 Å². The molecule has 0 bridgehead atoms. The zero-order valence-electron chi connectivity index (χ0n) is 9.68. The molecule has 2 nitrogen and oxygen atoms in total. The van der Waals surface area contributed by atoms with Gasteiger partial charge in [-0.3, -0.25) is 0 Å². The van der Waals surface area contributed by atoms with E-state index in [-0.39, 0.29) is 11.5 Å². The number of benzene rings is 1. The van der Waals surface area contributed by atoms with Crippen molar-refractivity contribution in [3.8, 4) is 0 Å². The monoisotopic (exact) mass is 210 g/mol. The summed E-state index contributed by atoms with van der Waals surface area (Å²) >= 11 is 0. The van der Waals surface area contributed by atoms with E-state index in [1.807, 2.05) is 20.9 Å². The number of rotatable bonds is 0. The fraction of sp³-hybridized carbons (Fsp3) is 0.500. The van der Waals surface area contributed by atoms with Crippen LogP contribution in [0.5, 0.6) is 0 Å². The highest BCUT2D eigenvalue weighted by Gasteiger charge is 2.15. The maximum Gasteiger partial charge on any atom is 0.148 e. The van der Waals surface area contributed by atoms with E-state index in [2.05, 4.69) is 4.90 Å². The van der Waals surface area contributed by atoms with Crippen molar-refractivity contribution in [2.75, 3.05) is 24.2 Å². The summed E-state index contributed by atoms with van der Waals surface area (Å²) in [6, 6.07) is 3.28. The summed E-state index contributed by atoms with van der Waals surface area (Å²) in [7, 11) is 1.98. The van der Waals surface area contributed by atoms with E-state index in [1.165, 1.54) is 6.07 Å². The molecule has 1 aliphatic rings. The number of nitrogens with zero attached hydrogens (tertiary/aromatic N) is 1. The minimum atomic E-state index is -0.312. The largest absolute Gasteiger partial charge is 0.396 e. The zero-order chi connectivity index (χ0) is 11.4. The molecule has 84 valence electrons. The van der Waals surface area contributed by atoms with Gasteiger partial charge in [0.15, 0.2) is 0 Å². The molecule has 1 heterocycles. The van der Waals surface area contributed by atoms with E-state index in [0.717, 1.165) is 30.6 Å². The van der Waals surface area contributed by atoms with Crippen LogP contribution in [0, 0.1) is 5.82 Å². The second-order valence-electron chi connectivity index (χ2n) is 3.53. The van der Waals surface area contributed by atoms with E-state index in [9.17, 15) is 4.39 Å². The number of nitrogens with two attached hydrogens (primary N) is 1. The highest BCUT2D eigenvalue weighted by atomic mass is 19.1. The summed E-state index contributed by atoms with van der Waals surface area (Å²) in [5.74, 6) is -0.312. The Hall–Kier alpha value is -1.25. The van der Waals surface area contributed by atoms with Crippen molar-refractivity contribution in [2.24, 2.45) is 0 Å². The molecule has 0 aromatic heterocycles. The van der Waals surface area contributed by atoms with Crippen molar-refractivity contribution in [1.29, 1.82) is 0 Å². The first kappa shape index (κ1) is 11.8. The van der Waals surface area contributed by atoms with Gasteiger partial charge in [0, 0.05) is 19.3 Å². The van der Waals surface area contributed by atoms with Crippen LogP contribution in [0.15, 0.2) is 12.1 Å². The molecule has 0 atom stereocenters. The van der Waals surface area contributed by atoms with Crippen molar-refractivity contribution in [3.63, 3.8) is 0 Å². The van der Waals surface area contributed by atoms with Gasteiger partial charge >= 0.3 is 0 Å². The summed E-state index contributed by atoms with van der Waals surface area (Å²) in [6.07, 6.45) is 2.12. The average Bonchev–Trinajstić information content (AvgIpc) is 2.24. The molecule has 0 spiro atoms. The van der Waals surface area contributed by atoms with Gasteiger partial charge in [0.05, 0.1) is 5.69 Å². The first-order chi connectivity index (χ1) is 7.18. The van der Waals surface area contributed by atoms with Gasteiger partial charge in [0.1, 0.15) is 5.82 Å². The predicted molar refractivity (Wildman–Crippen MR) is 63.8 cm³/mol. The van der Waals surface area contributed by atoms with Crippen molar-refractivity contribution in [1.82, 2.24) is 0 Å². The van der Waals surface area contributed by atoms with Crippen molar-refractivity contribution in [3.05, 3.63) is 23.5 Å². The molecule has 2 N–H and O–H groups in total. The Balaban J connectivity index is 0.000000531. The van der Waals surface area contributed by atoms with Crippen LogP contribution in [-0.2, 0) is 6.42 Å². The smallest absolute Gasteiger partial charge is 0.148 e. The second-order valence-corrected chi connectivity index (χ2v) is 3.53. The van der Waals surface area contributed by atoms with Crippen LogP contribution < -0.4 is 10.6 Å². The van der Waals surface area contributed by atoms with Crippen molar-refractivity contribution < 1.29 is 4.39 Å². The number of hydrogen-bond donors (Lipinski definition) is 1. The molecule has 1 aliphatic heterocycles. The van der Waals surface area contributed by atoms with Crippen LogP contribution in [0.2, 0.25) is 0 Å². The summed E-state index contributed by atoms with van der Waals surface area (Å²) in [5.41, 5.74) is 7.90. The van der Waals surface area contributed by atoms with Gasteiger partial charge in [0.25, 0.3) is 0 Å². The third-order valence-corrected chi connectivity index (χ3v) is 2.55. The lowest BCUT2D eigenvalue weighted by Crippen LogP contribution is -2.24. The number of fused-ring (bicyclic) bond motifs is 1. The molecular formula is C12H19FN2. The molecule has 0 saturated carbocycles. The lowest BCUT2D eigenvalue weighted by atomic mass is 10.0. The number of hydrogen-bond acceptors (Lipinski definition) is 2. The second kappa shape index (κ2) is 5.01. The lowest BCUT2D eigenvalue weighted by molar-refractivity contribution is 0.627. The molecular weight excluding hydrogens is 191 g/mol. The fourth-order valence-corrected chi connectivity index (χ4v) is 1.81. The molecule has 0 unspecified atom stereocenters. The molecule has 15 heavy (non-hydrogen) atoms. The molecule has 0 fully saturated rings. The Morgan fingerprint density at radius 3 is 2.67 bits per heavy atom. The highest BCUT2D eigenvalue weighted by molar-refractivity contribution is 5.61. The normalized spacial score (nSPS) is 14.0. The molecule has 0 aliphatic carbocycles. The van der Waals surface area contributed by atoms with Gasteiger partial charge < -0.3 is 10.6 Å². The van der Waals surface area contributed by atoms with Crippen LogP contribution in [0.1, 0.15) is 25.8 Å². The third kappa shape index (κ3) is 2.41. The van der Waals surface area contributed by atoms with Gasteiger partial charge in [0.2, 0.25) is 0 Å². The summed E-state index contributed by atoms with van der Waals surface area (Å²) < 4.78 is 13.1. The van der Waals surface area contributed by atoms with Crippen molar-refractivity contribution >= 4 is 11.4 Å². The topological polar surface area (TPSA) is 29.3 Å². The first-order valence-electron chi connectivity index (χ1n) is 5.47. The SMILES string of the molecule is CC.CN1CCCc2cc(N)c(F)cc21. The van der Waals surface area contributed by atoms with E-state index in [4.69, 9.17) is 5.73 Å². The molecule has 1 aromatic rings. The molecule has 2 rings (SSSR count). The Morgan fingerprint density at radius 2 is 2.00 bits per heavy atom. The number of halogens is 1. The fourth-order valence-electron chi connectivity index (χ4n) is 1.81. The lowest BCUT2D eigenvalue weighted by Gasteiger charge is -2.27. The van der Waals surface area contributed by atoms with E-state index in [1.54, 1.807) is 6.07 Å². The summed E-state index contributed by atoms with van der Waals surface area (Å²) in [5, 5.41) is 0. The molecule has 0 radical (unpaired) electrons. The van der Waals surface area contributed by atoms with Gasteiger partial charge in [-0.2, -0.15) is 0 Å². The van der Waals surface area contributed by atoms with Gasteiger partial charge in [-0.15, -0.1) is 0 Å². The quantitative estimate of drug-likeness (QED) is 0.667. The molecule has 0 saturated heterocycles. The van der Waals surface area contributed by atoms with Crippen LogP contribution in [-0.4, -0.2) is 13.6 Å². The maximum atomic E-state index is 13.1. The summed E-state index contributed by atoms with van der Waals surface area (Å²) in [4.78, 5) is 2.07. The highest BCUT2D eigenvalue weighted by Crippen LogP contribution is 2.29. The maximum absolute atomic E-state index is 13.1. The average molecular weight is 210 g/mol. The Kier molecular flexibility index (Phi) is 3.95. The number of nitrogen functional groups attached to an aromatic ring is 1. The predicted octanol–water partition coefficient (Wildman–Crippen LogP) is 2.82. The van der Waals surface area contributed by atoms with Gasteiger partial charge in [-0.05, 0) is 30.5 Å². The zero-order valence-corrected chi connectivity index (χ0v) is 9.68. The third-order valence-electron chi connectivity index (χ3n) is 2.55. The standard InChI is InChI=1S/C10H13FN2.C2H6/c1-13-4-2-3-7-5-9(12)8(11)6-10(7)13;1-2/h5-6H,2-4,12H2,1H3;1-2H3. The van der Waals surface area contributed by atoms with Crippen molar-refractivity contribution in [2.45, 2.75) is 26.7 Å². The molecule has 0 amide bonds. The van der Waals surface area contributed by atoms with Gasteiger partial charge in [-0.1, -0.05) is 13.8 Å². The first-order valence-corrected chi connectivity index (χ1v) is 5.47. The van der Waals surface area contributed by atoms with E-state index >= 15 is 0 Å².